The molecule has 7 rings (SSSR count). The number of halogens is 4. The summed E-state index contributed by atoms with van der Waals surface area (Å²) < 4.78 is 68.0. The summed E-state index contributed by atoms with van der Waals surface area (Å²) in [6, 6.07) is 20.8. The van der Waals surface area contributed by atoms with Crippen LogP contribution in [-0.2, 0) is 23.0 Å². The van der Waals surface area contributed by atoms with E-state index in [9.17, 15) is 26.7 Å². The van der Waals surface area contributed by atoms with Gasteiger partial charge in [0.25, 0.3) is 10.0 Å². The van der Waals surface area contributed by atoms with Crippen molar-refractivity contribution in [3.8, 4) is 0 Å². The zero-order chi connectivity index (χ0) is 47.9. The van der Waals surface area contributed by atoms with Crippen LogP contribution in [0.2, 0.25) is 5.02 Å². The Kier molecular flexibility index (Phi) is 17.6. The average molecular weight is 989 g/mol. The zero-order valence-corrected chi connectivity index (χ0v) is 42.1. The van der Waals surface area contributed by atoms with Crippen molar-refractivity contribution in [3.05, 3.63) is 106 Å². The number of aryl methyl sites for hydroxylation is 1. The highest BCUT2D eigenvalue weighted by Crippen LogP contribution is 2.45. The number of alkyl halides is 3. The smallest absolute Gasteiger partial charge is 0.398 e. The van der Waals surface area contributed by atoms with Gasteiger partial charge in [0.1, 0.15) is 17.9 Å². The van der Waals surface area contributed by atoms with Gasteiger partial charge in [-0.05, 0) is 149 Å². The third kappa shape index (κ3) is 14.3. The maximum Gasteiger partial charge on any atom is 0.446 e. The summed E-state index contributed by atoms with van der Waals surface area (Å²) in [5.74, 6) is 1.30. The van der Waals surface area contributed by atoms with E-state index in [0.29, 0.717) is 49.7 Å². The minimum absolute atomic E-state index is 0.0638. The fourth-order valence-corrected chi connectivity index (χ4v) is 11.4. The van der Waals surface area contributed by atoms with Crippen LogP contribution in [0.1, 0.15) is 95.0 Å². The van der Waals surface area contributed by atoms with Gasteiger partial charge >= 0.3 is 5.51 Å². The number of thioether (sulfide) groups is 2. The molecule has 10 nitrogen and oxygen atoms in total. The molecule has 4 aromatic rings. The lowest BCUT2D eigenvalue weighted by Gasteiger charge is -2.47. The Balaban J connectivity index is 0.000000381. The lowest BCUT2D eigenvalue weighted by atomic mass is 9.72. The molecule has 1 saturated heterocycles. The highest BCUT2D eigenvalue weighted by Gasteiger charge is 2.41. The number of aliphatic hydroxyl groups is 1. The molecule has 0 spiro atoms. The van der Waals surface area contributed by atoms with Gasteiger partial charge in [-0.3, -0.25) is 14.5 Å². The van der Waals surface area contributed by atoms with Crippen LogP contribution in [0.5, 0.6) is 0 Å². The number of unbranched alkanes of at least 4 members (excludes halogenated alkanes) is 1. The second-order valence-electron chi connectivity index (χ2n) is 18.8. The molecule has 17 heteroatoms. The first-order chi connectivity index (χ1) is 31.1. The number of nitrogens with one attached hydrogen (secondary N) is 1. The maximum atomic E-state index is 13.2. The highest BCUT2D eigenvalue weighted by atomic mass is 35.5. The quantitative estimate of drug-likeness (QED) is 0.0598. The molecular weight excluding hydrogens is 923 g/mol. The third-order valence-corrected chi connectivity index (χ3v) is 16.6. The third-order valence-electron chi connectivity index (χ3n) is 12.9. The van der Waals surface area contributed by atoms with E-state index in [1.165, 1.54) is 53.1 Å². The molecule has 66 heavy (non-hydrogen) atoms. The van der Waals surface area contributed by atoms with Gasteiger partial charge in [0.2, 0.25) is 0 Å². The molecule has 0 bridgehead atoms. The van der Waals surface area contributed by atoms with E-state index in [0.717, 1.165) is 67.7 Å². The number of likely N-dealkylation sites (tertiary alicyclic amines) is 1. The van der Waals surface area contributed by atoms with Gasteiger partial charge < -0.3 is 15.7 Å². The van der Waals surface area contributed by atoms with E-state index in [-0.39, 0.29) is 21.8 Å². The number of fused-ring (bicyclic) bond motifs is 1. The van der Waals surface area contributed by atoms with Crippen molar-refractivity contribution in [1.82, 2.24) is 24.7 Å². The number of allylic oxidation sites excluding steroid dienone is 1. The Morgan fingerprint density at radius 3 is 2.39 bits per heavy atom. The molecule has 0 unspecified atom stereocenters. The van der Waals surface area contributed by atoms with Gasteiger partial charge in [0.05, 0.1) is 10.6 Å². The van der Waals surface area contributed by atoms with Crippen LogP contribution in [0.4, 0.5) is 24.7 Å². The molecule has 0 amide bonds. The van der Waals surface area contributed by atoms with E-state index in [2.05, 4.69) is 102 Å². The first kappa shape index (κ1) is 52.0. The highest BCUT2D eigenvalue weighted by molar-refractivity contribution is 8.00. The number of nitrogens with zero attached hydrogens (tertiary/aromatic N) is 5. The number of benzene rings is 3. The van der Waals surface area contributed by atoms with Crippen LogP contribution in [0, 0.1) is 12.3 Å². The Hall–Kier alpha value is -3.35. The van der Waals surface area contributed by atoms with Gasteiger partial charge in [0.15, 0.2) is 0 Å². The van der Waals surface area contributed by atoms with Crippen molar-refractivity contribution in [3.63, 3.8) is 0 Å². The molecule has 1 fully saturated rings. The summed E-state index contributed by atoms with van der Waals surface area (Å²) in [4.78, 5) is 16.0. The van der Waals surface area contributed by atoms with Gasteiger partial charge in [-0.2, -0.15) is 13.2 Å². The number of aromatic nitrogens is 2. The van der Waals surface area contributed by atoms with E-state index in [4.69, 9.17) is 17.3 Å². The maximum absolute atomic E-state index is 13.2. The Morgan fingerprint density at radius 1 is 0.985 bits per heavy atom. The standard InChI is InChI=1S/C35H42ClF3N6O3S2.C14H23NS/c1-22-16-23(4-6-28(22)36)27-18-33(2,3)10-8-24(27)19-44-14-11-34(46,12-15-44)45-13-9-26-30(20-45)41-21-42-32(26)43-50(47,48)25-5-7-29(40)31(17-25)49-35(37,38)39;1-13(2)15(3)11-7-8-12-16-14-9-5-4-6-10-14/h4-7,16-17,21,46H,8-15,18-20,40H2,1-3H3,(H,41,42,43);4-6,9-10,13H,7-8,11-12H2,1-3H3. The molecule has 4 N–H and O–H groups in total. The Bertz CT molecular complexity index is 2410. The van der Waals surface area contributed by atoms with Gasteiger partial charge in [0, 0.05) is 77.7 Å². The number of hydrogen-bond acceptors (Lipinski definition) is 11. The Labute approximate surface area is 403 Å². The Morgan fingerprint density at radius 2 is 1.71 bits per heavy atom. The predicted molar refractivity (Wildman–Crippen MR) is 265 cm³/mol. The lowest BCUT2D eigenvalue weighted by molar-refractivity contribution is -0.148. The van der Waals surface area contributed by atoms with Crippen molar-refractivity contribution in [2.24, 2.45) is 5.41 Å². The number of sulfonamides is 1. The van der Waals surface area contributed by atoms with E-state index < -0.39 is 37.9 Å². The number of rotatable bonds is 15. The molecule has 0 saturated carbocycles. The largest absolute Gasteiger partial charge is 0.446 e. The summed E-state index contributed by atoms with van der Waals surface area (Å²) in [5.41, 5.74) is 6.36. The van der Waals surface area contributed by atoms with Gasteiger partial charge in [-0.15, -0.1) is 11.8 Å². The van der Waals surface area contributed by atoms with E-state index in [1.807, 2.05) is 29.7 Å². The molecule has 3 aromatic carbocycles. The zero-order valence-electron chi connectivity index (χ0n) is 38.9. The summed E-state index contributed by atoms with van der Waals surface area (Å²) >= 11 is 7.84. The first-order valence-electron chi connectivity index (χ1n) is 22.7. The molecule has 2 aliphatic heterocycles. The number of nitrogen functional groups attached to an aromatic ring is 1. The average Bonchev–Trinajstić information content (AvgIpc) is 3.26. The second-order valence-corrected chi connectivity index (χ2v) is 23.1. The summed E-state index contributed by atoms with van der Waals surface area (Å²) in [7, 11) is -2.09. The first-order valence-corrected chi connectivity index (χ1v) is 26.3. The normalized spacial score (nSPS) is 18.0. The second kappa shape index (κ2) is 22.4. The molecule has 360 valence electrons. The monoisotopic (exact) mass is 987 g/mol. The summed E-state index contributed by atoms with van der Waals surface area (Å²) in [5, 5.41) is 12.6. The molecule has 1 aromatic heterocycles. The van der Waals surface area contributed by atoms with Crippen molar-refractivity contribution < 1.29 is 26.7 Å². The van der Waals surface area contributed by atoms with Crippen LogP contribution < -0.4 is 10.5 Å². The van der Waals surface area contributed by atoms with Crippen LogP contribution >= 0.6 is 35.1 Å². The van der Waals surface area contributed by atoms with Crippen LogP contribution in [-0.4, -0.2) is 101 Å². The van der Waals surface area contributed by atoms with Gasteiger partial charge in [-0.1, -0.05) is 61.4 Å². The molecular formula is C49H65ClF3N7O3S3. The fraction of sp³-hybridized carbons (Fsp3) is 0.510. The van der Waals surface area contributed by atoms with Crippen LogP contribution in [0.25, 0.3) is 5.57 Å². The van der Waals surface area contributed by atoms with E-state index >= 15 is 0 Å². The van der Waals surface area contributed by atoms with Gasteiger partial charge in [-0.25, -0.2) is 18.4 Å². The van der Waals surface area contributed by atoms with Crippen LogP contribution in [0.3, 0.4) is 0 Å². The molecule has 3 heterocycles. The van der Waals surface area contributed by atoms with Crippen molar-refractivity contribution in [1.29, 1.82) is 0 Å². The van der Waals surface area contributed by atoms with E-state index in [1.54, 1.807) is 0 Å². The SMILES string of the molecule is CC(C)N(C)CCCCSc1ccccc1.Cc1cc(C2=C(CN3CCC(O)(N4CCc5c(ncnc5NS(=O)(=O)c5ccc(N)c(SC(F)(F)F)c5)C4)CC3)CCC(C)(C)C2)ccc1Cl. The summed E-state index contributed by atoms with van der Waals surface area (Å²) in [6.07, 6.45) is 8.50. The predicted octanol–water partition coefficient (Wildman–Crippen LogP) is 11.1. The number of hydrogen-bond donors (Lipinski definition) is 3. The summed E-state index contributed by atoms with van der Waals surface area (Å²) in [6.45, 7) is 15.5. The fourth-order valence-electron chi connectivity index (χ4n) is 8.61. The minimum atomic E-state index is -4.63. The molecule has 0 atom stereocenters. The van der Waals surface area contributed by atoms with Crippen molar-refractivity contribution in [2.45, 2.75) is 124 Å². The number of piperidine rings is 1. The molecule has 1 aliphatic carbocycles. The van der Waals surface area contributed by atoms with Crippen molar-refractivity contribution in [2.75, 3.05) is 56.0 Å². The number of nitrogens with two attached hydrogens (primary N) is 1. The topological polar surface area (TPSA) is 128 Å². The molecule has 0 radical (unpaired) electrons. The number of anilines is 2. The lowest BCUT2D eigenvalue weighted by Crippen LogP contribution is -2.57. The van der Waals surface area contributed by atoms with Crippen LogP contribution in [0.15, 0.2) is 93.3 Å². The minimum Gasteiger partial charge on any atom is -0.398 e. The van der Waals surface area contributed by atoms with Crippen molar-refractivity contribution >= 4 is 62.2 Å². The molecule has 3 aliphatic rings.